The number of carbonyl (C=O) groups excluding carboxylic acids is 1. The zero-order chi connectivity index (χ0) is 24.9. The highest BCUT2D eigenvalue weighted by molar-refractivity contribution is 6.33. The SMILES string of the molecule is O=C(C(=Cc1ccc(F)cc1)c1ccc(-c2ccccc2)cc1)N1CCN(c2ccccc2Cl)CC1. The average Bonchev–Trinajstić information content (AvgIpc) is 2.93. The molecule has 1 aliphatic heterocycles. The maximum absolute atomic E-state index is 13.8. The highest BCUT2D eigenvalue weighted by Crippen LogP contribution is 2.28. The van der Waals surface area contributed by atoms with Gasteiger partial charge in [0.2, 0.25) is 0 Å². The molecule has 0 saturated carbocycles. The number of anilines is 1. The molecule has 1 aliphatic rings. The molecule has 0 atom stereocenters. The van der Waals surface area contributed by atoms with Crippen LogP contribution in [0.5, 0.6) is 0 Å². The van der Waals surface area contributed by atoms with Gasteiger partial charge < -0.3 is 9.80 Å². The van der Waals surface area contributed by atoms with Crippen LogP contribution in [-0.4, -0.2) is 37.0 Å². The molecule has 0 unspecified atom stereocenters. The standard InChI is InChI=1S/C31H26ClFN2O/c32-29-8-4-5-9-30(29)34-18-20-35(21-19-34)31(36)28(22-23-10-16-27(33)17-11-23)26-14-12-25(13-15-26)24-6-2-1-3-7-24/h1-17,22H,18-21H2. The molecule has 3 nitrogen and oxygen atoms in total. The van der Waals surface area contributed by atoms with Gasteiger partial charge in [0.05, 0.1) is 10.7 Å². The quantitative estimate of drug-likeness (QED) is 0.218. The highest BCUT2D eigenvalue weighted by Gasteiger charge is 2.25. The number of halogens is 2. The van der Waals surface area contributed by atoms with Gasteiger partial charge in [0, 0.05) is 31.8 Å². The van der Waals surface area contributed by atoms with E-state index in [1.165, 1.54) is 12.1 Å². The van der Waals surface area contributed by atoms with Crippen molar-refractivity contribution in [2.24, 2.45) is 0 Å². The fraction of sp³-hybridized carbons (Fsp3) is 0.129. The zero-order valence-corrected chi connectivity index (χ0v) is 20.5. The van der Waals surface area contributed by atoms with Crippen LogP contribution in [0.15, 0.2) is 103 Å². The summed E-state index contributed by atoms with van der Waals surface area (Å²) in [5, 5.41) is 0.715. The largest absolute Gasteiger partial charge is 0.367 e. The van der Waals surface area contributed by atoms with Crippen molar-refractivity contribution in [3.05, 3.63) is 125 Å². The van der Waals surface area contributed by atoms with Crippen LogP contribution in [0.3, 0.4) is 0 Å². The van der Waals surface area contributed by atoms with Crippen molar-refractivity contribution in [2.75, 3.05) is 31.1 Å². The number of nitrogens with zero attached hydrogens (tertiary/aromatic N) is 2. The first-order chi connectivity index (χ1) is 17.6. The number of amides is 1. The molecule has 180 valence electrons. The van der Waals surface area contributed by atoms with Crippen LogP contribution in [0.25, 0.3) is 22.8 Å². The van der Waals surface area contributed by atoms with E-state index in [1.54, 1.807) is 12.1 Å². The predicted octanol–water partition coefficient (Wildman–Crippen LogP) is 7.04. The number of hydrogen-bond acceptors (Lipinski definition) is 2. The van der Waals surface area contributed by atoms with Gasteiger partial charge in [-0.3, -0.25) is 4.79 Å². The first-order valence-corrected chi connectivity index (χ1v) is 12.4. The Bertz CT molecular complexity index is 1360. The average molecular weight is 497 g/mol. The van der Waals surface area contributed by atoms with Gasteiger partial charge in [0.25, 0.3) is 5.91 Å². The van der Waals surface area contributed by atoms with Gasteiger partial charge in [-0.25, -0.2) is 4.39 Å². The van der Waals surface area contributed by atoms with E-state index in [2.05, 4.69) is 17.0 Å². The van der Waals surface area contributed by atoms with Gasteiger partial charge in [-0.05, 0) is 52.6 Å². The van der Waals surface area contributed by atoms with Crippen molar-refractivity contribution in [3.63, 3.8) is 0 Å². The molecule has 1 amide bonds. The molecule has 0 spiro atoms. The summed E-state index contributed by atoms with van der Waals surface area (Å²) in [4.78, 5) is 17.9. The summed E-state index contributed by atoms with van der Waals surface area (Å²) in [6.07, 6.45) is 1.85. The van der Waals surface area contributed by atoms with Crippen LogP contribution in [0.1, 0.15) is 11.1 Å². The maximum atomic E-state index is 13.8. The molecule has 0 aliphatic carbocycles. The van der Waals surface area contributed by atoms with Crippen molar-refractivity contribution >= 4 is 34.8 Å². The Morgan fingerprint density at radius 3 is 2.00 bits per heavy atom. The Kier molecular flexibility index (Phi) is 7.15. The molecule has 5 rings (SSSR count). The summed E-state index contributed by atoms with van der Waals surface area (Å²) >= 11 is 6.39. The van der Waals surface area contributed by atoms with Gasteiger partial charge in [-0.15, -0.1) is 0 Å². The van der Waals surface area contributed by atoms with Crippen molar-refractivity contribution in [1.29, 1.82) is 0 Å². The third-order valence-electron chi connectivity index (χ3n) is 6.47. The summed E-state index contributed by atoms with van der Waals surface area (Å²) < 4.78 is 13.5. The van der Waals surface area contributed by atoms with Gasteiger partial charge in [0.15, 0.2) is 0 Å². The molecule has 0 N–H and O–H groups in total. The van der Waals surface area contributed by atoms with Crippen molar-refractivity contribution in [3.8, 4) is 11.1 Å². The minimum atomic E-state index is -0.303. The summed E-state index contributed by atoms with van der Waals surface area (Å²) in [6.45, 7) is 2.58. The van der Waals surface area contributed by atoms with E-state index >= 15 is 0 Å². The van der Waals surface area contributed by atoms with E-state index in [1.807, 2.05) is 77.7 Å². The molecule has 36 heavy (non-hydrogen) atoms. The van der Waals surface area contributed by atoms with Crippen molar-refractivity contribution < 1.29 is 9.18 Å². The lowest BCUT2D eigenvalue weighted by molar-refractivity contribution is -0.125. The smallest absolute Gasteiger partial charge is 0.254 e. The number of piperazine rings is 1. The van der Waals surface area contributed by atoms with Crippen LogP contribution in [0, 0.1) is 5.82 Å². The summed E-state index contributed by atoms with van der Waals surface area (Å²) in [7, 11) is 0. The van der Waals surface area contributed by atoms with Crippen molar-refractivity contribution in [2.45, 2.75) is 0 Å². The van der Waals surface area contributed by atoms with Gasteiger partial charge >= 0.3 is 0 Å². The molecule has 1 saturated heterocycles. The molecular weight excluding hydrogens is 471 g/mol. The Balaban J connectivity index is 1.41. The van der Waals surface area contributed by atoms with Crippen LogP contribution in [0.2, 0.25) is 5.02 Å². The molecular formula is C31H26ClFN2O. The fourth-order valence-electron chi connectivity index (χ4n) is 4.50. The van der Waals surface area contributed by atoms with Crippen molar-refractivity contribution in [1.82, 2.24) is 4.90 Å². The van der Waals surface area contributed by atoms with E-state index in [9.17, 15) is 9.18 Å². The van der Waals surface area contributed by atoms with E-state index in [0.717, 1.165) is 27.9 Å². The van der Waals surface area contributed by atoms with E-state index in [-0.39, 0.29) is 11.7 Å². The van der Waals surface area contributed by atoms with Gasteiger partial charge in [0.1, 0.15) is 5.82 Å². The number of hydrogen-bond donors (Lipinski definition) is 0. The maximum Gasteiger partial charge on any atom is 0.254 e. The Morgan fingerprint density at radius 1 is 0.722 bits per heavy atom. The second kappa shape index (κ2) is 10.8. The molecule has 1 heterocycles. The monoisotopic (exact) mass is 496 g/mol. The normalized spacial score (nSPS) is 14.1. The molecule has 4 aromatic rings. The number of carbonyl (C=O) groups is 1. The van der Waals surface area contributed by atoms with E-state index in [0.29, 0.717) is 36.8 Å². The van der Waals surface area contributed by atoms with Gasteiger partial charge in [-0.1, -0.05) is 90.5 Å². The molecule has 5 heteroatoms. The predicted molar refractivity (Wildman–Crippen MR) is 146 cm³/mol. The first-order valence-electron chi connectivity index (χ1n) is 12.0. The summed E-state index contributed by atoms with van der Waals surface area (Å²) in [5.41, 5.74) is 5.40. The third kappa shape index (κ3) is 5.34. The minimum absolute atomic E-state index is 0.0365. The lowest BCUT2D eigenvalue weighted by atomic mass is 9.97. The second-order valence-corrected chi connectivity index (χ2v) is 9.19. The zero-order valence-electron chi connectivity index (χ0n) is 19.8. The summed E-state index contributed by atoms with van der Waals surface area (Å²) in [6, 6.07) is 32.2. The molecule has 4 aromatic carbocycles. The molecule has 0 bridgehead atoms. The van der Waals surface area contributed by atoms with Crippen LogP contribution < -0.4 is 4.90 Å². The van der Waals surface area contributed by atoms with Gasteiger partial charge in [-0.2, -0.15) is 0 Å². The second-order valence-electron chi connectivity index (χ2n) is 8.78. The molecule has 1 fully saturated rings. The Morgan fingerprint density at radius 2 is 1.33 bits per heavy atom. The number of rotatable bonds is 5. The highest BCUT2D eigenvalue weighted by atomic mass is 35.5. The van der Waals surface area contributed by atoms with Crippen LogP contribution in [-0.2, 0) is 4.79 Å². The first kappa shape index (κ1) is 23.8. The van der Waals surface area contributed by atoms with Crippen LogP contribution in [0.4, 0.5) is 10.1 Å². The summed E-state index contributed by atoms with van der Waals surface area (Å²) in [5.74, 6) is -0.339. The molecule has 0 aromatic heterocycles. The Labute approximate surface area is 216 Å². The molecule has 0 radical (unpaired) electrons. The topological polar surface area (TPSA) is 23.6 Å². The Hall–Kier alpha value is -3.89. The number of benzene rings is 4. The third-order valence-corrected chi connectivity index (χ3v) is 6.79. The van der Waals surface area contributed by atoms with Crippen LogP contribution >= 0.6 is 11.6 Å². The van der Waals surface area contributed by atoms with E-state index < -0.39 is 0 Å². The lowest BCUT2D eigenvalue weighted by Gasteiger charge is -2.37. The minimum Gasteiger partial charge on any atom is -0.367 e. The van der Waals surface area contributed by atoms with E-state index in [4.69, 9.17) is 11.6 Å². The lowest BCUT2D eigenvalue weighted by Crippen LogP contribution is -2.49. The fourth-order valence-corrected chi connectivity index (χ4v) is 4.75. The number of para-hydroxylation sites is 1.